The van der Waals surface area contributed by atoms with Gasteiger partial charge in [-0.1, -0.05) is 0 Å². The molecule has 1 aliphatic rings. The molecule has 2 N–H and O–H groups in total. The Labute approximate surface area is 158 Å². The number of aliphatic hydroxyl groups excluding tert-OH is 1. The standard InChI is InChI=1S/C19H24N6O2/c1-13-9-14(2)22-19(17(13)11-20)24-6-7-25-16(12-24)10-15(23-25)3-4-18(27)21-5-8-26/h9-10,26H,3-8,12H2,1-2H3,(H,21,27). The van der Waals surface area contributed by atoms with Gasteiger partial charge in [0.1, 0.15) is 11.9 Å². The van der Waals surface area contributed by atoms with Crippen LogP contribution in [0.15, 0.2) is 12.1 Å². The zero-order valence-electron chi connectivity index (χ0n) is 15.7. The zero-order valence-corrected chi connectivity index (χ0v) is 15.7. The highest BCUT2D eigenvalue weighted by Crippen LogP contribution is 2.26. The molecule has 0 saturated heterocycles. The number of carbonyl (C=O) groups excluding carboxylic acids is 1. The van der Waals surface area contributed by atoms with E-state index in [9.17, 15) is 10.1 Å². The number of nitrogens with one attached hydrogen (secondary N) is 1. The number of aliphatic hydroxyl groups is 1. The fraction of sp³-hybridized carbons (Fsp3) is 0.474. The second-order valence-electron chi connectivity index (χ2n) is 6.74. The molecule has 27 heavy (non-hydrogen) atoms. The van der Waals surface area contributed by atoms with Crippen LogP contribution in [0.3, 0.4) is 0 Å². The minimum absolute atomic E-state index is 0.0580. The molecule has 0 saturated carbocycles. The number of rotatable bonds is 6. The molecule has 0 fully saturated rings. The Morgan fingerprint density at radius 2 is 2.19 bits per heavy atom. The summed E-state index contributed by atoms with van der Waals surface area (Å²) in [5, 5.41) is 25.5. The number of anilines is 1. The summed E-state index contributed by atoms with van der Waals surface area (Å²) in [5.74, 6) is 0.641. The van der Waals surface area contributed by atoms with Crippen molar-refractivity contribution < 1.29 is 9.90 Å². The third-order valence-corrected chi connectivity index (χ3v) is 4.63. The van der Waals surface area contributed by atoms with E-state index in [4.69, 9.17) is 5.11 Å². The second-order valence-corrected chi connectivity index (χ2v) is 6.74. The SMILES string of the molecule is Cc1cc(C)c(C#N)c(N2CCn3nc(CCC(=O)NCCO)cc3C2)n1. The van der Waals surface area contributed by atoms with E-state index in [1.54, 1.807) is 0 Å². The summed E-state index contributed by atoms with van der Waals surface area (Å²) >= 11 is 0. The zero-order chi connectivity index (χ0) is 19.4. The molecule has 0 aliphatic carbocycles. The Morgan fingerprint density at radius 1 is 1.37 bits per heavy atom. The molecule has 0 bridgehead atoms. The first-order chi connectivity index (χ1) is 13.0. The molecule has 8 heteroatoms. The normalized spacial score (nSPS) is 13.2. The molecule has 3 rings (SSSR count). The van der Waals surface area contributed by atoms with Gasteiger partial charge in [-0.2, -0.15) is 10.4 Å². The lowest BCUT2D eigenvalue weighted by Gasteiger charge is -2.29. The fourth-order valence-electron chi connectivity index (χ4n) is 3.34. The predicted octanol–water partition coefficient (Wildman–Crippen LogP) is 0.828. The molecule has 2 aromatic rings. The molecule has 0 radical (unpaired) electrons. The van der Waals surface area contributed by atoms with Crippen molar-refractivity contribution in [3.05, 3.63) is 40.3 Å². The van der Waals surface area contributed by atoms with E-state index >= 15 is 0 Å². The summed E-state index contributed by atoms with van der Waals surface area (Å²) in [6, 6.07) is 6.22. The highest BCUT2D eigenvalue weighted by molar-refractivity contribution is 5.76. The molecule has 0 aromatic carbocycles. The van der Waals surface area contributed by atoms with Crippen LogP contribution in [-0.4, -0.2) is 45.5 Å². The number of nitrogens with zero attached hydrogens (tertiary/aromatic N) is 5. The van der Waals surface area contributed by atoms with Crippen molar-refractivity contribution in [1.82, 2.24) is 20.1 Å². The van der Waals surface area contributed by atoms with E-state index < -0.39 is 0 Å². The van der Waals surface area contributed by atoms with Gasteiger partial charge in [0.25, 0.3) is 0 Å². The van der Waals surface area contributed by atoms with Crippen molar-refractivity contribution in [3.8, 4) is 6.07 Å². The first-order valence-electron chi connectivity index (χ1n) is 9.08. The van der Waals surface area contributed by atoms with Gasteiger partial charge in [0.15, 0.2) is 0 Å². The number of aryl methyl sites for hydroxylation is 3. The summed E-state index contributed by atoms with van der Waals surface area (Å²) in [4.78, 5) is 18.4. The number of fused-ring (bicyclic) bond motifs is 1. The summed E-state index contributed by atoms with van der Waals surface area (Å²) in [6.07, 6.45) is 0.903. The van der Waals surface area contributed by atoms with E-state index in [1.165, 1.54) is 0 Å². The molecule has 1 amide bonds. The van der Waals surface area contributed by atoms with Gasteiger partial charge in [0, 0.05) is 31.6 Å². The Kier molecular flexibility index (Phi) is 5.72. The maximum absolute atomic E-state index is 11.7. The van der Waals surface area contributed by atoms with E-state index in [2.05, 4.69) is 26.4 Å². The molecule has 1 aliphatic heterocycles. The van der Waals surface area contributed by atoms with Crippen LogP contribution in [-0.2, 0) is 24.3 Å². The largest absolute Gasteiger partial charge is 0.395 e. The van der Waals surface area contributed by atoms with Gasteiger partial charge in [0.05, 0.1) is 36.6 Å². The monoisotopic (exact) mass is 368 g/mol. The molecule has 2 aromatic heterocycles. The van der Waals surface area contributed by atoms with Crippen molar-refractivity contribution in [2.45, 2.75) is 39.8 Å². The number of nitriles is 1. The molecule has 142 valence electrons. The van der Waals surface area contributed by atoms with Crippen LogP contribution in [0.25, 0.3) is 0 Å². The van der Waals surface area contributed by atoms with E-state index in [0.29, 0.717) is 31.5 Å². The average molecular weight is 368 g/mol. The Hall–Kier alpha value is -2.92. The predicted molar refractivity (Wildman–Crippen MR) is 100 cm³/mol. The molecule has 8 nitrogen and oxygen atoms in total. The van der Waals surface area contributed by atoms with Crippen LogP contribution in [0.2, 0.25) is 0 Å². The Morgan fingerprint density at radius 3 is 2.93 bits per heavy atom. The lowest BCUT2D eigenvalue weighted by atomic mass is 10.1. The molecular weight excluding hydrogens is 344 g/mol. The third-order valence-electron chi connectivity index (χ3n) is 4.63. The van der Waals surface area contributed by atoms with Gasteiger partial charge < -0.3 is 15.3 Å². The lowest BCUT2D eigenvalue weighted by molar-refractivity contribution is -0.121. The quantitative estimate of drug-likeness (QED) is 0.782. The summed E-state index contributed by atoms with van der Waals surface area (Å²) in [6.45, 7) is 6.17. The van der Waals surface area contributed by atoms with Crippen LogP contribution in [0.4, 0.5) is 5.82 Å². The van der Waals surface area contributed by atoms with Crippen molar-refractivity contribution >= 4 is 11.7 Å². The first-order valence-corrected chi connectivity index (χ1v) is 9.08. The Balaban J connectivity index is 1.72. The maximum Gasteiger partial charge on any atom is 0.220 e. The molecule has 0 spiro atoms. The van der Waals surface area contributed by atoms with Crippen molar-refractivity contribution in [2.75, 3.05) is 24.6 Å². The second kappa shape index (κ2) is 8.18. The number of hydrogen-bond donors (Lipinski definition) is 2. The lowest BCUT2D eigenvalue weighted by Crippen LogP contribution is -2.35. The minimum Gasteiger partial charge on any atom is -0.395 e. The molecule has 0 unspecified atom stereocenters. The number of amides is 1. The topological polar surface area (TPSA) is 107 Å². The van der Waals surface area contributed by atoms with E-state index in [-0.39, 0.29) is 19.1 Å². The van der Waals surface area contributed by atoms with E-state index in [1.807, 2.05) is 30.7 Å². The van der Waals surface area contributed by atoms with Gasteiger partial charge in [-0.25, -0.2) is 4.98 Å². The smallest absolute Gasteiger partial charge is 0.220 e. The minimum atomic E-state index is -0.0882. The average Bonchev–Trinajstić information content (AvgIpc) is 3.06. The number of carbonyl (C=O) groups is 1. The van der Waals surface area contributed by atoms with Gasteiger partial charge in [-0.3, -0.25) is 9.48 Å². The van der Waals surface area contributed by atoms with Gasteiger partial charge in [0.2, 0.25) is 5.91 Å². The summed E-state index contributed by atoms with van der Waals surface area (Å²) in [7, 11) is 0. The summed E-state index contributed by atoms with van der Waals surface area (Å²) in [5.41, 5.74) is 4.38. The number of hydrogen-bond acceptors (Lipinski definition) is 6. The van der Waals surface area contributed by atoms with Crippen LogP contribution in [0.1, 0.15) is 34.6 Å². The van der Waals surface area contributed by atoms with Crippen molar-refractivity contribution in [3.63, 3.8) is 0 Å². The summed E-state index contributed by atoms with van der Waals surface area (Å²) < 4.78 is 1.96. The van der Waals surface area contributed by atoms with Gasteiger partial charge in [-0.15, -0.1) is 0 Å². The Bertz CT molecular complexity index is 883. The van der Waals surface area contributed by atoms with Crippen LogP contribution in [0, 0.1) is 25.2 Å². The molecule has 3 heterocycles. The van der Waals surface area contributed by atoms with E-state index in [0.717, 1.165) is 35.0 Å². The van der Waals surface area contributed by atoms with Crippen molar-refractivity contribution in [1.29, 1.82) is 5.26 Å². The molecule has 0 atom stereocenters. The molecular formula is C19H24N6O2. The third kappa shape index (κ3) is 4.26. The highest BCUT2D eigenvalue weighted by atomic mass is 16.3. The van der Waals surface area contributed by atoms with Crippen LogP contribution < -0.4 is 10.2 Å². The highest BCUT2D eigenvalue weighted by Gasteiger charge is 2.23. The van der Waals surface area contributed by atoms with Crippen LogP contribution >= 0.6 is 0 Å². The first kappa shape index (κ1) is 18.9. The number of pyridine rings is 1. The fourth-order valence-corrected chi connectivity index (χ4v) is 3.34. The van der Waals surface area contributed by atoms with Gasteiger partial charge in [-0.05, 0) is 31.5 Å². The maximum atomic E-state index is 11.7. The van der Waals surface area contributed by atoms with Crippen molar-refractivity contribution in [2.24, 2.45) is 0 Å². The number of aromatic nitrogens is 3. The van der Waals surface area contributed by atoms with Gasteiger partial charge >= 0.3 is 0 Å². The van der Waals surface area contributed by atoms with Crippen LogP contribution in [0.5, 0.6) is 0 Å².